The number of hydrogen-bond acceptors (Lipinski definition) is 4. The monoisotopic (exact) mass is 261 g/mol. The Bertz CT molecular complexity index is 520. The summed E-state index contributed by atoms with van der Waals surface area (Å²) in [6.45, 7) is 0.386. The van der Waals surface area contributed by atoms with E-state index in [1.54, 1.807) is 18.2 Å². The second kappa shape index (κ2) is 7.79. The third-order valence-corrected chi connectivity index (χ3v) is 2.47. The highest BCUT2D eigenvalue weighted by Gasteiger charge is 2.08. The lowest BCUT2D eigenvalue weighted by Crippen LogP contribution is -1.95. The van der Waals surface area contributed by atoms with E-state index >= 15 is 0 Å². The molecule has 100 valence electrons. The van der Waals surface area contributed by atoms with Gasteiger partial charge in [0.25, 0.3) is 0 Å². The van der Waals surface area contributed by atoms with E-state index in [-0.39, 0.29) is 0 Å². The summed E-state index contributed by atoms with van der Waals surface area (Å²) in [5.41, 5.74) is 9.39. The van der Waals surface area contributed by atoms with E-state index in [0.29, 0.717) is 30.0 Å². The maximum Gasteiger partial charge on any atom is 0.161 e. The number of ether oxygens (including phenoxy) is 2. The summed E-state index contributed by atoms with van der Waals surface area (Å²) in [6, 6.07) is 3.35. The maximum atomic E-state index is 11.0. The van der Waals surface area contributed by atoms with Gasteiger partial charge in [-0.25, -0.2) is 0 Å². The molecule has 0 fully saturated rings. The maximum absolute atomic E-state index is 11.0. The van der Waals surface area contributed by atoms with Crippen molar-refractivity contribution in [2.45, 2.75) is 6.42 Å². The van der Waals surface area contributed by atoms with Crippen LogP contribution in [0.15, 0.2) is 23.3 Å². The second-order valence-corrected chi connectivity index (χ2v) is 3.60. The van der Waals surface area contributed by atoms with E-state index in [1.807, 2.05) is 6.08 Å². The Balaban J connectivity index is 2.98. The van der Waals surface area contributed by atoms with Crippen molar-refractivity contribution in [3.8, 4) is 11.5 Å². The molecule has 0 saturated carbocycles. The Kier molecular flexibility index (Phi) is 5.98. The number of nitrogens with zero attached hydrogens (tertiary/aromatic N) is 3. The van der Waals surface area contributed by atoms with E-state index in [0.717, 1.165) is 11.8 Å². The fourth-order valence-corrected chi connectivity index (χ4v) is 1.54. The number of aldehydes is 1. The molecule has 0 heterocycles. The van der Waals surface area contributed by atoms with Crippen LogP contribution in [0.25, 0.3) is 16.5 Å². The number of methoxy groups -OCH3 is 2. The van der Waals surface area contributed by atoms with Gasteiger partial charge in [-0.05, 0) is 29.6 Å². The predicted octanol–water partition coefficient (Wildman–Crippen LogP) is 3.23. The zero-order chi connectivity index (χ0) is 14.1. The van der Waals surface area contributed by atoms with Gasteiger partial charge in [0.1, 0.15) is 0 Å². The molecule has 0 saturated heterocycles. The number of rotatable bonds is 7. The number of hydrogen-bond donors (Lipinski definition) is 0. The molecule has 0 aliphatic rings. The topological polar surface area (TPSA) is 84.3 Å². The predicted molar refractivity (Wildman–Crippen MR) is 72.6 cm³/mol. The van der Waals surface area contributed by atoms with Crippen molar-refractivity contribution < 1.29 is 14.3 Å². The number of carbonyl (C=O) groups is 1. The lowest BCUT2D eigenvalue weighted by Gasteiger charge is -2.10. The van der Waals surface area contributed by atoms with Crippen molar-refractivity contribution >= 4 is 12.4 Å². The van der Waals surface area contributed by atoms with Gasteiger partial charge in [0.2, 0.25) is 0 Å². The van der Waals surface area contributed by atoms with E-state index in [1.165, 1.54) is 14.2 Å². The molecular formula is C13H15N3O3. The van der Waals surface area contributed by atoms with Gasteiger partial charge in [0, 0.05) is 17.0 Å². The summed E-state index contributed by atoms with van der Waals surface area (Å²) in [6.07, 6.45) is 4.99. The Morgan fingerprint density at radius 2 is 1.89 bits per heavy atom. The van der Waals surface area contributed by atoms with Crippen LogP contribution in [0.1, 0.15) is 22.3 Å². The van der Waals surface area contributed by atoms with E-state index in [9.17, 15) is 4.79 Å². The molecule has 1 aromatic carbocycles. The van der Waals surface area contributed by atoms with E-state index in [2.05, 4.69) is 10.0 Å². The van der Waals surface area contributed by atoms with Crippen LogP contribution in [-0.4, -0.2) is 27.1 Å². The third-order valence-electron chi connectivity index (χ3n) is 2.47. The summed E-state index contributed by atoms with van der Waals surface area (Å²) in [4.78, 5) is 13.7. The molecule has 0 amide bonds. The van der Waals surface area contributed by atoms with Gasteiger partial charge in [0.15, 0.2) is 17.8 Å². The minimum absolute atomic E-state index is 0.386. The number of benzene rings is 1. The highest BCUT2D eigenvalue weighted by molar-refractivity contribution is 5.83. The third kappa shape index (κ3) is 4.04. The molecule has 0 radical (unpaired) electrons. The normalized spacial score (nSPS) is 10.0. The Morgan fingerprint density at radius 3 is 2.42 bits per heavy atom. The van der Waals surface area contributed by atoms with Gasteiger partial charge in [-0.2, -0.15) is 0 Å². The van der Waals surface area contributed by atoms with Crippen LogP contribution >= 0.6 is 0 Å². The summed E-state index contributed by atoms with van der Waals surface area (Å²) < 4.78 is 10.3. The SMILES string of the molecule is COc1cc(C=O)c(C=CCCN=[N+]=[N-])cc1OC. The van der Waals surface area contributed by atoms with Crippen LogP contribution < -0.4 is 9.47 Å². The average molecular weight is 261 g/mol. The molecule has 6 heteroatoms. The van der Waals surface area contributed by atoms with E-state index in [4.69, 9.17) is 15.0 Å². The Labute approximate surface area is 111 Å². The molecule has 1 aromatic rings. The van der Waals surface area contributed by atoms with Crippen LogP contribution in [0.5, 0.6) is 11.5 Å². The first-order valence-corrected chi connectivity index (χ1v) is 5.65. The minimum Gasteiger partial charge on any atom is -0.493 e. The zero-order valence-electron chi connectivity index (χ0n) is 10.9. The second-order valence-electron chi connectivity index (χ2n) is 3.60. The van der Waals surface area contributed by atoms with Gasteiger partial charge < -0.3 is 9.47 Å². The zero-order valence-corrected chi connectivity index (χ0v) is 10.9. The molecule has 0 aromatic heterocycles. The largest absolute Gasteiger partial charge is 0.493 e. The molecule has 19 heavy (non-hydrogen) atoms. The first kappa shape index (κ1) is 14.6. The molecule has 0 aliphatic heterocycles. The fraction of sp³-hybridized carbons (Fsp3) is 0.308. The van der Waals surface area contributed by atoms with Crippen LogP contribution in [0, 0.1) is 0 Å². The van der Waals surface area contributed by atoms with Gasteiger partial charge in [-0.1, -0.05) is 17.3 Å². The molecule has 0 aliphatic carbocycles. The summed E-state index contributed by atoms with van der Waals surface area (Å²) in [5, 5.41) is 3.42. The van der Waals surface area contributed by atoms with Crippen LogP contribution in [-0.2, 0) is 0 Å². The van der Waals surface area contributed by atoms with Crippen molar-refractivity contribution in [3.05, 3.63) is 39.8 Å². The molecular weight excluding hydrogens is 246 g/mol. The quantitative estimate of drug-likeness (QED) is 0.248. The highest BCUT2D eigenvalue weighted by atomic mass is 16.5. The fourth-order valence-electron chi connectivity index (χ4n) is 1.54. The van der Waals surface area contributed by atoms with Gasteiger partial charge in [-0.3, -0.25) is 4.79 Å². The smallest absolute Gasteiger partial charge is 0.161 e. The lowest BCUT2D eigenvalue weighted by atomic mass is 10.1. The van der Waals surface area contributed by atoms with Crippen molar-refractivity contribution in [1.29, 1.82) is 0 Å². The van der Waals surface area contributed by atoms with Gasteiger partial charge >= 0.3 is 0 Å². The van der Waals surface area contributed by atoms with Crippen LogP contribution in [0.2, 0.25) is 0 Å². The molecule has 0 spiro atoms. The lowest BCUT2D eigenvalue weighted by molar-refractivity contribution is 0.112. The van der Waals surface area contributed by atoms with Gasteiger partial charge in [-0.15, -0.1) is 0 Å². The average Bonchev–Trinajstić information content (AvgIpc) is 2.46. The highest BCUT2D eigenvalue weighted by Crippen LogP contribution is 2.30. The minimum atomic E-state index is 0.386. The molecule has 0 atom stereocenters. The van der Waals surface area contributed by atoms with Crippen LogP contribution in [0.3, 0.4) is 0 Å². The van der Waals surface area contributed by atoms with Crippen molar-refractivity contribution in [2.75, 3.05) is 20.8 Å². The van der Waals surface area contributed by atoms with Crippen LogP contribution in [0.4, 0.5) is 0 Å². The first-order chi connectivity index (χ1) is 9.26. The van der Waals surface area contributed by atoms with Crippen molar-refractivity contribution in [1.82, 2.24) is 0 Å². The van der Waals surface area contributed by atoms with E-state index < -0.39 is 0 Å². The molecule has 1 rings (SSSR count). The van der Waals surface area contributed by atoms with Gasteiger partial charge in [0.05, 0.1) is 14.2 Å². The Morgan fingerprint density at radius 1 is 1.26 bits per heavy atom. The molecule has 0 bridgehead atoms. The Hall–Kier alpha value is -2.46. The summed E-state index contributed by atoms with van der Waals surface area (Å²) in [5.74, 6) is 1.07. The van der Waals surface area contributed by atoms with Crippen molar-refractivity contribution in [2.24, 2.45) is 5.11 Å². The number of azide groups is 1. The number of carbonyl (C=O) groups excluding carboxylic acids is 1. The van der Waals surface area contributed by atoms with Crippen molar-refractivity contribution in [3.63, 3.8) is 0 Å². The molecule has 0 unspecified atom stereocenters. The first-order valence-electron chi connectivity index (χ1n) is 5.65. The molecule has 6 nitrogen and oxygen atoms in total. The molecule has 0 N–H and O–H groups in total. The summed E-state index contributed by atoms with van der Waals surface area (Å²) in [7, 11) is 3.05. The standard InChI is InChI=1S/C13H15N3O3/c1-18-12-7-10(5-3-4-6-15-16-14)11(9-17)8-13(12)19-2/h3,5,7-9H,4,6H2,1-2H3. The summed E-state index contributed by atoms with van der Waals surface area (Å²) >= 11 is 0.